The number of amides is 3. The summed E-state index contributed by atoms with van der Waals surface area (Å²) >= 11 is 0. The van der Waals surface area contributed by atoms with E-state index in [1.54, 1.807) is 55.4 Å². The lowest BCUT2D eigenvalue weighted by atomic mass is 9.95. The minimum absolute atomic E-state index is 0.0678. The lowest BCUT2D eigenvalue weighted by Gasteiger charge is -2.32. The second-order valence-electron chi connectivity index (χ2n) is 9.93. The molecule has 1 rings (SSSR count). The molecule has 1 aliphatic rings. The van der Waals surface area contributed by atoms with Crippen molar-refractivity contribution in [1.29, 1.82) is 0 Å². The summed E-state index contributed by atoms with van der Waals surface area (Å²) in [5, 5.41) is 5.31. The second-order valence-corrected chi connectivity index (χ2v) is 9.93. The van der Waals surface area contributed by atoms with Crippen LogP contribution in [0, 0.1) is 11.8 Å². The molecule has 9 nitrogen and oxygen atoms in total. The van der Waals surface area contributed by atoms with Crippen molar-refractivity contribution in [2.24, 2.45) is 11.8 Å². The van der Waals surface area contributed by atoms with E-state index in [4.69, 9.17) is 4.74 Å². The molecule has 182 valence electrons. The van der Waals surface area contributed by atoms with Crippen molar-refractivity contribution in [3.8, 4) is 0 Å². The zero-order valence-corrected chi connectivity index (χ0v) is 20.6. The number of ether oxygens (including phenoxy) is 1. The van der Waals surface area contributed by atoms with Crippen molar-refractivity contribution in [2.75, 3.05) is 6.54 Å². The van der Waals surface area contributed by atoms with Gasteiger partial charge < -0.3 is 20.3 Å². The molecule has 9 heteroatoms. The SMILES string of the molecule is CCC(=O)C(=O)C(NC(=O)[C@@H]1CCCN1C(=O)[C@@H](NC(=O)OC(C)(C)C)C(C)C)C(C)C. The molecule has 3 atom stereocenters. The third-order valence-corrected chi connectivity index (χ3v) is 5.29. The van der Waals surface area contributed by atoms with Gasteiger partial charge in [0.1, 0.15) is 17.7 Å². The van der Waals surface area contributed by atoms with Gasteiger partial charge in [0.05, 0.1) is 6.04 Å². The fraction of sp³-hybridized carbons (Fsp3) is 0.783. The Balaban J connectivity index is 2.98. The van der Waals surface area contributed by atoms with Gasteiger partial charge in [-0.1, -0.05) is 34.6 Å². The molecule has 3 amide bonds. The number of nitrogens with zero attached hydrogens (tertiary/aromatic N) is 1. The van der Waals surface area contributed by atoms with Gasteiger partial charge in [0.2, 0.25) is 17.6 Å². The van der Waals surface area contributed by atoms with Crippen LogP contribution in [0.3, 0.4) is 0 Å². The summed E-state index contributed by atoms with van der Waals surface area (Å²) in [5.74, 6) is -2.51. The first-order chi connectivity index (χ1) is 14.7. The van der Waals surface area contributed by atoms with Crippen LogP contribution in [0.25, 0.3) is 0 Å². The van der Waals surface area contributed by atoms with Crippen molar-refractivity contribution in [2.45, 2.75) is 98.4 Å². The third-order valence-electron chi connectivity index (χ3n) is 5.29. The fourth-order valence-electron chi connectivity index (χ4n) is 3.56. The van der Waals surface area contributed by atoms with E-state index in [1.165, 1.54) is 4.90 Å². The fourth-order valence-corrected chi connectivity index (χ4v) is 3.56. The minimum atomic E-state index is -0.937. The van der Waals surface area contributed by atoms with Gasteiger partial charge in [0, 0.05) is 13.0 Å². The summed E-state index contributed by atoms with van der Waals surface area (Å²) in [4.78, 5) is 64.3. The van der Waals surface area contributed by atoms with Crippen molar-refractivity contribution in [3.05, 3.63) is 0 Å². The number of likely N-dealkylation sites (tertiary alicyclic amines) is 1. The van der Waals surface area contributed by atoms with Gasteiger partial charge in [-0.3, -0.25) is 19.2 Å². The Hall–Kier alpha value is -2.45. The molecule has 1 fully saturated rings. The topological polar surface area (TPSA) is 122 Å². The highest BCUT2D eigenvalue weighted by Gasteiger charge is 2.40. The van der Waals surface area contributed by atoms with Gasteiger partial charge in [-0.05, 0) is 45.4 Å². The molecule has 0 radical (unpaired) electrons. The number of ketones is 2. The summed E-state index contributed by atoms with van der Waals surface area (Å²) < 4.78 is 5.27. The van der Waals surface area contributed by atoms with Crippen LogP contribution in [0.2, 0.25) is 0 Å². The smallest absolute Gasteiger partial charge is 0.408 e. The van der Waals surface area contributed by atoms with Gasteiger partial charge in [0.25, 0.3) is 0 Å². The zero-order chi connectivity index (χ0) is 24.8. The van der Waals surface area contributed by atoms with E-state index in [2.05, 4.69) is 10.6 Å². The number of carbonyl (C=O) groups is 5. The van der Waals surface area contributed by atoms with E-state index in [-0.39, 0.29) is 24.2 Å². The number of hydrogen-bond acceptors (Lipinski definition) is 6. The molecule has 0 aromatic rings. The van der Waals surface area contributed by atoms with E-state index in [1.807, 2.05) is 0 Å². The summed E-state index contributed by atoms with van der Waals surface area (Å²) in [6.07, 6.45) is 0.428. The number of nitrogens with one attached hydrogen (secondary N) is 2. The number of carbonyl (C=O) groups excluding carboxylic acids is 5. The summed E-state index contributed by atoms with van der Waals surface area (Å²) in [7, 11) is 0. The number of Topliss-reactive ketones (excluding diaryl/α,β-unsaturated/α-hetero) is 2. The predicted octanol–water partition coefficient (Wildman–Crippen LogP) is 2.22. The number of alkyl carbamates (subject to hydrolysis) is 1. The van der Waals surface area contributed by atoms with Crippen LogP contribution >= 0.6 is 0 Å². The van der Waals surface area contributed by atoms with Crippen molar-refractivity contribution in [3.63, 3.8) is 0 Å². The molecule has 0 spiro atoms. The quantitative estimate of drug-likeness (QED) is 0.516. The number of rotatable bonds is 9. The van der Waals surface area contributed by atoms with Crippen molar-refractivity contribution < 1.29 is 28.7 Å². The molecule has 1 unspecified atom stereocenters. The van der Waals surface area contributed by atoms with Crippen LogP contribution in [0.1, 0.15) is 74.7 Å². The molecule has 1 heterocycles. The van der Waals surface area contributed by atoms with E-state index >= 15 is 0 Å². The Kier molecular flexibility index (Phi) is 9.85. The van der Waals surface area contributed by atoms with E-state index in [9.17, 15) is 24.0 Å². The average molecular weight is 454 g/mol. The number of hydrogen-bond donors (Lipinski definition) is 2. The maximum atomic E-state index is 13.3. The normalized spacial score (nSPS) is 18.3. The lowest BCUT2D eigenvalue weighted by molar-refractivity contribution is -0.143. The second kappa shape index (κ2) is 11.4. The first kappa shape index (κ1) is 27.6. The first-order valence-corrected chi connectivity index (χ1v) is 11.4. The highest BCUT2D eigenvalue weighted by atomic mass is 16.6. The van der Waals surface area contributed by atoms with Gasteiger partial charge in [-0.15, -0.1) is 0 Å². The molecule has 0 aromatic carbocycles. The Labute approximate surface area is 191 Å². The van der Waals surface area contributed by atoms with Gasteiger partial charge in [0.15, 0.2) is 5.78 Å². The molecular weight excluding hydrogens is 414 g/mol. The van der Waals surface area contributed by atoms with Gasteiger partial charge in [-0.25, -0.2) is 4.79 Å². The van der Waals surface area contributed by atoms with Crippen LogP contribution in [0.15, 0.2) is 0 Å². The zero-order valence-electron chi connectivity index (χ0n) is 20.6. The van der Waals surface area contributed by atoms with Crippen LogP contribution in [0.5, 0.6) is 0 Å². The standard InChI is InChI=1S/C23H39N3O6/c1-9-16(27)19(28)17(13(2)3)24-20(29)15-11-10-12-26(15)21(30)18(14(4)5)25-22(31)32-23(6,7)8/h13-15,17-18H,9-12H2,1-8H3,(H,24,29)(H,25,31)/t15-,17?,18-/m0/s1. The molecule has 0 aromatic heterocycles. The van der Waals surface area contributed by atoms with Crippen LogP contribution in [0.4, 0.5) is 4.79 Å². The van der Waals surface area contributed by atoms with Gasteiger partial charge >= 0.3 is 6.09 Å². The third kappa shape index (κ3) is 7.60. The van der Waals surface area contributed by atoms with Crippen LogP contribution in [-0.4, -0.2) is 64.6 Å². The highest BCUT2D eigenvalue weighted by molar-refractivity contribution is 6.39. The molecular formula is C23H39N3O6. The van der Waals surface area contributed by atoms with Crippen molar-refractivity contribution >= 4 is 29.5 Å². The maximum absolute atomic E-state index is 13.3. The van der Waals surface area contributed by atoms with Crippen LogP contribution in [-0.2, 0) is 23.9 Å². The molecule has 0 saturated carbocycles. The van der Waals surface area contributed by atoms with E-state index in [0.29, 0.717) is 19.4 Å². The molecule has 0 bridgehead atoms. The summed E-state index contributed by atoms with van der Waals surface area (Å²) in [6, 6.07) is -2.56. The lowest BCUT2D eigenvalue weighted by Crippen LogP contribution is -2.57. The van der Waals surface area contributed by atoms with E-state index < -0.39 is 47.3 Å². The monoisotopic (exact) mass is 453 g/mol. The molecule has 32 heavy (non-hydrogen) atoms. The first-order valence-electron chi connectivity index (χ1n) is 11.4. The summed E-state index contributed by atoms with van der Waals surface area (Å²) in [5.41, 5.74) is -0.709. The van der Waals surface area contributed by atoms with Crippen LogP contribution < -0.4 is 10.6 Å². The molecule has 1 aliphatic heterocycles. The van der Waals surface area contributed by atoms with Gasteiger partial charge in [-0.2, -0.15) is 0 Å². The molecule has 0 aliphatic carbocycles. The Morgan fingerprint density at radius 3 is 2.00 bits per heavy atom. The average Bonchev–Trinajstić information content (AvgIpc) is 3.16. The van der Waals surface area contributed by atoms with Crippen molar-refractivity contribution in [1.82, 2.24) is 15.5 Å². The maximum Gasteiger partial charge on any atom is 0.408 e. The van der Waals surface area contributed by atoms with E-state index in [0.717, 1.165) is 0 Å². The predicted molar refractivity (Wildman–Crippen MR) is 120 cm³/mol. The summed E-state index contributed by atoms with van der Waals surface area (Å²) in [6.45, 7) is 14.3. The largest absolute Gasteiger partial charge is 0.444 e. The Morgan fingerprint density at radius 1 is 0.969 bits per heavy atom. The highest BCUT2D eigenvalue weighted by Crippen LogP contribution is 2.21. The molecule has 2 N–H and O–H groups in total. The molecule has 1 saturated heterocycles. The Morgan fingerprint density at radius 2 is 1.53 bits per heavy atom. The minimum Gasteiger partial charge on any atom is -0.444 e. The Bertz CT molecular complexity index is 726.